The van der Waals surface area contributed by atoms with Crippen LogP contribution >= 0.6 is 0 Å². The van der Waals surface area contributed by atoms with Gasteiger partial charge in [0.05, 0.1) is 18.6 Å². The molecular formula is C19H20O4. The number of hydrogen-bond acceptors (Lipinski definition) is 3. The topological polar surface area (TPSA) is 66.8 Å². The van der Waals surface area contributed by atoms with Crippen LogP contribution in [0.3, 0.4) is 0 Å². The average Bonchev–Trinajstić information content (AvgIpc) is 2.57. The maximum absolute atomic E-state index is 11.2. The molecular weight excluding hydrogens is 292 g/mol. The summed E-state index contributed by atoms with van der Waals surface area (Å²) in [6.07, 6.45) is 0.0695. The number of carboxylic acid groups (broad SMARTS) is 1. The molecule has 2 aromatic rings. The molecule has 1 aliphatic heterocycles. The molecule has 3 rings (SSSR count). The molecule has 0 saturated heterocycles. The minimum atomic E-state index is -0.878. The number of benzene rings is 2. The first-order valence-electron chi connectivity index (χ1n) is 7.77. The fraction of sp³-hybridized carbons (Fsp3) is 0.316. The summed E-state index contributed by atoms with van der Waals surface area (Å²) >= 11 is 0. The summed E-state index contributed by atoms with van der Waals surface area (Å²) in [5.74, 6) is -0.887. The number of aliphatic hydroxyl groups excluding tert-OH is 1. The maximum Gasteiger partial charge on any atom is 0.310 e. The molecule has 2 aromatic carbocycles. The molecule has 4 heteroatoms. The zero-order valence-corrected chi connectivity index (χ0v) is 13.0. The molecule has 0 bridgehead atoms. The lowest BCUT2D eigenvalue weighted by molar-refractivity contribution is -0.138. The summed E-state index contributed by atoms with van der Waals surface area (Å²) in [6, 6.07) is 15.3. The van der Waals surface area contributed by atoms with Crippen LogP contribution in [0.15, 0.2) is 48.5 Å². The van der Waals surface area contributed by atoms with Crippen molar-refractivity contribution in [2.75, 3.05) is 6.61 Å². The van der Waals surface area contributed by atoms with Gasteiger partial charge < -0.3 is 14.9 Å². The average molecular weight is 312 g/mol. The molecule has 0 amide bonds. The van der Waals surface area contributed by atoms with Gasteiger partial charge in [0.25, 0.3) is 0 Å². The number of carboxylic acids is 1. The van der Waals surface area contributed by atoms with E-state index in [1.54, 1.807) is 25.1 Å². The normalized spacial score (nSPS) is 21.1. The lowest BCUT2D eigenvalue weighted by atomic mass is 9.86. The first kappa shape index (κ1) is 15.6. The molecule has 23 heavy (non-hydrogen) atoms. The Kier molecular flexibility index (Phi) is 4.35. The van der Waals surface area contributed by atoms with Crippen LogP contribution in [0, 0.1) is 5.92 Å². The Hall–Kier alpha value is -2.33. The van der Waals surface area contributed by atoms with Crippen molar-refractivity contribution in [3.05, 3.63) is 65.2 Å². The fourth-order valence-corrected chi connectivity index (χ4v) is 2.97. The van der Waals surface area contributed by atoms with Crippen LogP contribution in [-0.4, -0.2) is 22.8 Å². The lowest BCUT2D eigenvalue weighted by Crippen LogP contribution is -2.28. The van der Waals surface area contributed by atoms with Gasteiger partial charge in [-0.1, -0.05) is 36.4 Å². The van der Waals surface area contributed by atoms with Gasteiger partial charge in [0.2, 0.25) is 0 Å². The van der Waals surface area contributed by atoms with Crippen LogP contribution in [0.4, 0.5) is 0 Å². The molecule has 0 fully saturated rings. The number of aliphatic carboxylic acids is 1. The van der Waals surface area contributed by atoms with Gasteiger partial charge in [-0.3, -0.25) is 4.79 Å². The molecule has 3 atom stereocenters. The third kappa shape index (κ3) is 3.22. The highest BCUT2D eigenvalue weighted by Crippen LogP contribution is 2.38. The smallest absolute Gasteiger partial charge is 0.310 e. The first-order chi connectivity index (χ1) is 11.1. The van der Waals surface area contributed by atoms with Crippen LogP contribution in [0.5, 0.6) is 5.75 Å². The van der Waals surface area contributed by atoms with Crippen LogP contribution in [-0.2, 0) is 11.2 Å². The van der Waals surface area contributed by atoms with E-state index >= 15 is 0 Å². The Labute approximate surface area is 135 Å². The molecule has 1 aliphatic rings. The van der Waals surface area contributed by atoms with Crippen molar-refractivity contribution in [1.29, 1.82) is 0 Å². The standard InChI is InChI=1S/C19H20O4/c1-12(19(21)22)14-7-8-17-16(10-14)18(20)15(11-23-17)9-13-5-3-2-4-6-13/h2-8,10,12,15,18,20H,9,11H2,1H3,(H,21,22)/t12?,15-,18+/m0/s1. The summed E-state index contributed by atoms with van der Waals surface area (Å²) in [7, 11) is 0. The van der Waals surface area contributed by atoms with E-state index in [-0.39, 0.29) is 5.92 Å². The summed E-state index contributed by atoms with van der Waals surface area (Å²) in [5.41, 5.74) is 2.51. The van der Waals surface area contributed by atoms with Gasteiger partial charge in [-0.25, -0.2) is 0 Å². The molecule has 0 radical (unpaired) electrons. The summed E-state index contributed by atoms with van der Waals surface area (Å²) in [6.45, 7) is 2.10. The maximum atomic E-state index is 11.2. The van der Waals surface area contributed by atoms with Gasteiger partial charge in [-0.05, 0) is 36.6 Å². The Morgan fingerprint density at radius 2 is 2.00 bits per heavy atom. The lowest BCUT2D eigenvalue weighted by Gasteiger charge is -2.31. The molecule has 4 nitrogen and oxygen atoms in total. The number of carbonyl (C=O) groups is 1. The minimum Gasteiger partial charge on any atom is -0.493 e. The van der Waals surface area contributed by atoms with Crippen molar-refractivity contribution in [1.82, 2.24) is 0 Å². The number of ether oxygens (including phenoxy) is 1. The van der Waals surface area contributed by atoms with E-state index in [2.05, 4.69) is 0 Å². The van der Waals surface area contributed by atoms with Gasteiger partial charge >= 0.3 is 5.97 Å². The second-order valence-corrected chi connectivity index (χ2v) is 6.06. The minimum absolute atomic E-state index is 0.0414. The van der Waals surface area contributed by atoms with Crippen molar-refractivity contribution < 1.29 is 19.7 Å². The molecule has 2 N–H and O–H groups in total. The molecule has 0 spiro atoms. The Balaban J connectivity index is 1.84. The predicted octanol–water partition coefficient (Wildman–Crippen LogP) is 3.16. The third-order valence-electron chi connectivity index (χ3n) is 4.46. The highest BCUT2D eigenvalue weighted by Gasteiger charge is 2.30. The van der Waals surface area contributed by atoms with E-state index in [0.717, 1.165) is 12.0 Å². The summed E-state index contributed by atoms with van der Waals surface area (Å²) in [5, 5.41) is 19.9. The zero-order chi connectivity index (χ0) is 16.4. The van der Waals surface area contributed by atoms with Crippen molar-refractivity contribution >= 4 is 5.97 Å². The van der Waals surface area contributed by atoms with Gasteiger partial charge in [-0.15, -0.1) is 0 Å². The fourth-order valence-electron chi connectivity index (χ4n) is 2.97. The van der Waals surface area contributed by atoms with Crippen molar-refractivity contribution in [2.45, 2.75) is 25.4 Å². The Bertz CT molecular complexity index is 696. The van der Waals surface area contributed by atoms with E-state index in [1.165, 1.54) is 0 Å². The zero-order valence-electron chi connectivity index (χ0n) is 13.0. The first-order valence-corrected chi connectivity index (χ1v) is 7.77. The molecule has 0 aromatic heterocycles. The number of rotatable bonds is 4. The van der Waals surface area contributed by atoms with Gasteiger partial charge in [-0.2, -0.15) is 0 Å². The third-order valence-corrected chi connectivity index (χ3v) is 4.46. The van der Waals surface area contributed by atoms with E-state index in [4.69, 9.17) is 9.84 Å². The molecule has 1 unspecified atom stereocenters. The highest BCUT2D eigenvalue weighted by molar-refractivity contribution is 5.75. The van der Waals surface area contributed by atoms with Crippen molar-refractivity contribution in [2.24, 2.45) is 5.92 Å². The predicted molar refractivity (Wildman–Crippen MR) is 86.6 cm³/mol. The van der Waals surface area contributed by atoms with Gasteiger partial charge in [0.15, 0.2) is 0 Å². The van der Waals surface area contributed by atoms with Gasteiger partial charge in [0.1, 0.15) is 5.75 Å². The van der Waals surface area contributed by atoms with Gasteiger partial charge in [0, 0.05) is 11.5 Å². The second-order valence-electron chi connectivity index (χ2n) is 6.06. The molecule has 0 saturated carbocycles. The molecule has 0 aliphatic carbocycles. The van der Waals surface area contributed by atoms with Crippen LogP contribution in [0.25, 0.3) is 0 Å². The summed E-state index contributed by atoms with van der Waals surface area (Å²) in [4.78, 5) is 11.2. The SMILES string of the molecule is CC(C(=O)O)c1ccc2c(c1)[C@H](O)[C@@H](Cc1ccccc1)CO2. The second kappa shape index (κ2) is 6.42. The van der Waals surface area contributed by atoms with Crippen LogP contribution in [0.1, 0.15) is 35.6 Å². The highest BCUT2D eigenvalue weighted by atomic mass is 16.5. The van der Waals surface area contributed by atoms with Crippen molar-refractivity contribution in [3.63, 3.8) is 0 Å². The van der Waals surface area contributed by atoms with E-state index in [9.17, 15) is 9.90 Å². The number of hydrogen-bond donors (Lipinski definition) is 2. The summed E-state index contributed by atoms with van der Waals surface area (Å²) < 4.78 is 5.77. The number of aliphatic hydroxyl groups is 1. The quantitative estimate of drug-likeness (QED) is 0.910. The largest absolute Gasteiger partial charge is 0.493 e. The van der Waals surface area contributed by atoms with Crippen LogP contribution < -0.4 is 4.74 Å². The van der Waals surface area contributed by atoms with E-state index in [0.29, 0.717) is 23.5 Å². The van der Waals surface area contributed by atoms with Crippen LogP contribution in [0.2, 0.25) is 0 Å². The van der Waals surface area contributed by atoms with E-state index in [1.807, 2.05) is 30.3 Å². The number of fused-ring (bicyclic) bond motifs is 1. The van der Waals surface area contributed by atoms with E-state index < -0.39 is 18.0 Å². The Morgan fingerprint density at radius 3 is 2.70 bits per heavy atom. The monoisotopic (exact) mass is 312 g/mol. The molecule has 1 heterocycles. The van der Waals surface area contributed by atoms with Crippen molar-refractivity contribution in [3.8, 4) is 5.75 Å². The molecule has 120 valence electrons. The Morgan fingerprint density at radius 1 is 1.26 bits per heavy atom.